The lowest BCUT2D eigenvalue weighted by Gasteiger charge is -2.20. The highest BCUT2D eigenvalue weighted by Crippen LogP contribution is 2.27. The number of methoxy groups -OCH3 is 1. The number of sulfonamides is 1. The normalized spacial score (nSPS) is 13.6. The average molecular weight is 352 g/mol. The van der Waals surface area contributed by atoms with Crippen LogP contribution in [0.1, 0.15) is 13.8 Å². The SMILES string of the molecule is COc1ccc(Br)cc1S(=O)(=O)N[C@H](CO)C(C)C. The van der Waals surface area contributed by atoms with Crippen LogP contribution in [0.25, 0.3) is 0 Å². The molecular formula is C12H18BrNO4S. The van der Waals surface area contributed by atoms with Crippen LogP contribution in [0.4, 0.5) is 0 Å². The zero-order valence-electron chi connectivity index (χ0n) is 11.1. The summed E-state index contributed by atoms with van der Waals surface area (Å²) in [7, 11) is -2.34. The van der Waals surface area contributed by atoms with E-state index in [0.29, 0.717) is 4.47 Å². The molecule has 0 unspecified atom stereocenters. The maximum atomic E-state index is 12.3. The average Bonchev–Trinajstić information content (AvgIpc) is 2.35. The molecule has 108 valence electrons. The Morgan fingerprint density at radius 1 is 1.42 bits per heavy atom. The lowest BCUT2D eigenvalue weighted by atomic mass is 10.1. The fraction of sp³-hybridized carbons (Fsp3) is 0.500. The van der Waals surface area contributed by atoms with Gasteiger partial charge in [-0.1, -0.05) is 29.8 Å². The van der Waals surface area contributed by atoms with Gasteiger partial charge in [0.1, 0.15) is 10.6 Å². The van der Waals surface area contributed by atoms with Gasteiger partial charge in [-0.15, -0.1) is 0 Å². The lowest BCUT2D eigenvalue weighted by Crippen LogP contribution is -2.41. The van der Waals surface area contributed by atoms with E-state index in [4.69, 9.17) is 4.74 Å². The van der Waals surface area contributed by atoms with E-state index < -0.39 is 16.1 Å². The molecule has 5 nitrogen and oxygen atoms in total. The number of benzene rings is 1. The molecule has 0 radical (unpaired) electrons. The summed E-state index contributed by atoms with van der Waals surface area (Å²) in [6.07, 6.45) is 0. The summed E-state index contributed by atoms with van der Waals surface area (Å²) in [6, 6.07) is 4.20. The maximum Gasteiger partial charge on any atom is 0.244 e. The van der Waals surface area contributed by atoms with E-state index in [1.165, 1.54) is 13.2 Å². The van der Waals surface area contributed by atoms with Crippen LogP contribution in [0.2, 0.25) is 0 Å². The quantitative estimate of drug-likeness (QED) is 0.818. The number of halogens is 1. The molecule has 0 heterocycles. The Balaban J connectivity index is 3.16. The Morgan fingerprint density at radius 2 is 2.05 bits per heavy atom. The van der Waals surface area contributed by atoms with E-state index in [2.05, 4.69) is 20.7 Å². The number of nitrogens with one attached hydrogen (secondary N) is 1. The molecule has 2 N–H and O–H groups in total. The lowest BCUT2D eigenvalue weighted by molar-refractivity contribution is 0.227. The van der Waals surface area contributed by atoms with Crippen molar-refractivity contribution in [3.05, 3.63) is 22.7 Å². The van der Waals surface area contributed by atoms with E-state index in [9.17, 15) is 13.5 Å². The number of hydrogen-bond donors (Lipinski definition) is 2. The molecule has 0 saturated carbocycles. The minimum Gasteiger partial charge on any atom is -0.495 e. The Morgan fingerprint density at radius 3 is 2.53 bits per heavy atom. The van der Waals surface area contributed by atoms with Gasteiger partial charge in [-0.25, -0.2) is 13.1 Å². The molecule has 0 aliphatic heterocycles. The second-order valence-electron chi connectivity index (χ2n) is 4.45. The number of ether oxygens (including phenoxy) is 1. The minimum atomic E-state index is -3.75. The first-order valence-corrected chi connectivity index (χ1v) is 8.06. The van der Waals surface area contributed by atoms with Crippen LogP contribution in [0.15, 0.2) is 27.6 Å². The van der Waals surface area contributed by atoms with Gasteiger partial charge in [0, 0.05) is 10.5 Å². The number of aliphatic hydroxyl groups excluding tert-OH is 1. The minimum absolute atomic E-state index is 0.0158. The van der Waals surface area contributed by atoms with Crippen molar-refractivity contribution in [2.24, 2.45) is 5.92 Å². The first-order chi connectivity index (χ1) is 8.81. The highest BCUT2D eigenvalue weighted by Gasteiger charge is 2.25. The third-order valence-electron chi connectivity index (χ3n) is 2.72. The molecule has 1 aromatic rings. The predicted molar refractivity (Wildman–Crippen MR) is 76.7 cm³/mol. The molecule has 0 fully saturated rings. The first-order valence-electron chi connectivity index (χ1n) is 5.78. The molecule has 1 atom stereocenters. The van der Waals surface area contributed by atoms with Gasteiger partial charge in [0.25, 0.3) is 0 Å². The van der Waals surface area contributed by atoms with Crippen molar-refractivity contribution in [3.8, 4) is 5.75 Å². The Bertz CT molecular complexity index is 531. The molecule has 0 spiro atoms. The number of rotatable bonds is 6. The molecule has 19 heavy (non-hydrogen) atoms. The van der Waals surface area contributed by atoms with E-state index in [1.54, 1.807) is 12.1 Å². The zero-order valence-corrected chi connectivity index (χ0v) is 13.5. The Labute approximate surface area is 122 Å². The standard InChI is InChI=1S/C12H18BrNO4S/c1-8(2)10(7-15)14-19(16,17)12-6-9(13)4-5-11(12)18-3/h4-6,8,10,14-15H,7H2,1-3H3/t10-/m1/s1. The monoisotopic (exact) mass is 351 g/mol. The molecule has 7 heteroatoms. The molecule has 1 aromatic carbocycles. The second-order valence-corrected chi connectivity index (χ2v) is 7.05. The van der Waals surface area contributed by atoms with Gasteiger partial charge >= 0.3 is 0 Å². The molecule has 1 rings (SSSR count). The molecule has 0 aromatic heterocycles. The molecule has 0 saturated heterocycles. The Hall–Kier alpha value is -0.630. The second kappa shape index (κ2) is 6.69. The van der Waals surface area contributed by atoms with Crippen LogP contribution in [-0.2, 0) is 10.0 Å². The molecule has 0 aliphatic carbocycles. The van der Waals surface area contributed by atoms with E-state index in [0.717, 1.165) is 0 Å². The number of hydrogen-bond acceptors (Lipinski definition) is 4. The van der Waals surface area contributed by atoms with Crippen molar-refractivity contribution < 1.29 is 18.3 Å². The highest BCUT2D eigenvalue weighted by molar-refractivity contribution is 9.10. The van der Waals surface area contributed by atoms with Crippen LogP contribution in [-0.4, -0.2) is 33.3 Å². The highest BCUT2D eigenvalue weighted by atomic mass is 79.9. The van der Waals surface area contributed by atoms with Crippen molar-refractivity contribution in [2.45, 2.75) is 24.8 Å². The molecule has 0 amide bonds. The van der Waals surface area contributed by atoms with Crippen LogP contribution < -0.4 is 9.46 Å². The van der Waals surface area contributed by atoms with Gasteiger partial charge < -0.3 is 9.84 Å². The summed E-state index contributed by atoms with van der Waals surface area (Å²) in [4.78, 5) is 0.0449. The van der Waals surface area contributed by atoms with Gasteiger partial charge in [0.05, 0.1) is 13.7 Å². The third kappa shape index (κ3) is 4.17. The maximum absolute atomic E-state index is 12.3. The summed E-state index contributed by atoms with van der Waals surface area (Å²) < 4.78 is 32.8. The predicted octanol–water partition coefficient (Wildman–Crippen LogP) is 1.75. The van der Waals surface area contributed by atoms with Gasteiger partial charge in [-0.2, -0.15) is 0 Å². The summed E-state index contributed by atoms with van der Waals surface area (Å²) in [6.45, 7) is 3.41. The van der Waals surface area contributed by atoms with Crippen molar-refractivity contribution in [1.29, 1.82) is 0 Å². The fourth-order valence-corrected chi connectivity index (χ4v) is 3.59. The van der Waals surface area contributed by atoms with Gasteiger partial charge in [-0.05, 0) is 24.1 Å². The summed E-state index contributed by atoms with van der Waals surface area (Å²) in [5.41, 5.74) is 0. The zero-order chi connectivity index (χ0) is 14.6. The number of aliphatic hydroxyl groups is 1. The topological polar surface area (TPSA) is 75.6 Å². The molecule has 0 bridgehead atoms. The van der Waals surface area contributed by atoms with E-state index in [1.807, 2.05) is 13.8 Å². The largest absolute Gasteiger partial charge is 0.495 e. The smallest absolute Gasteiger partial charge is 0.244 e. The fourth-order valence-electron chi connectivity index (χ4n) is 1.51. The molecular weight excluding hydrogens is 334 g/mol. The van der Waals surface area contributed by atoms with Crippen LogP contribution in [0, 0.1) is 5.92 Å². The van der Waals surface area contributed by atoms with Crippen LogP contribution >= 0.6 is 15.9 Å². The van der Waals surface area contributed by atoms with Crippen LogP contribution in [0.5, 0.6) is 5.75 Å². The Kier molecular flexibility index (Phi) is 5.79. The summed E-state index contributed by atoms with van der Waals surface area (Å²) >= 11 is 3.23. The van der Waals surface area contributed by atoms with Crippen molar-refractivity contribution in [3.63, 3.8) is 0 Å². The first kappa shape index (κ1) is 16.4. The van der Waals surface area contributed by atoms with E-state index >= 15 is 0 Å². The van der Waals surface area contributed by atoms with E-state index in [-0.39, 0.29) is 23.2 Å². The third-order valence-corrected chi connectivity index (χ3v) is 4.73. The van der Waals surface area contributed by atoms with Crippen molar-refractivity contribution in [2.75, 3.05) is 13.7 Å². The van der Waals surface area contributed by atoms with Gasteiger partial charge in [0.2, 0.25) is 10.0 Å². The summed E-state index contributed by atoms with van der Waals surface area (Å²) in [5, 5.41) is 9.22. The van der Waals surface area contributed by atoms with Gasteiger partial charge in [-0.3, -0.25) is 0 Å². The van der Waals surface area contributed by atoms with Crippen LogP contribution in [0.3, 0.4) is 0 Å². The summed E-state index contributed by atoms with van der Waals surface area (Å²) in [5.74, 6) is 0.245. The van der Waals surface area contributed by atoms with Crippen molar-refractivity contribution >= 4 is 26.0 Å². The van der Waals surface area contributed by atoms with Gasteiger partial charge in [0.15, 0.2) is 0 Å². The van der Waals surface area contributed by atoms with Crippen molar-refractivity contribution in [1.82, 2.24) is 4.72 Å². The molecule has 0 aliphatic rings.